The van der Waals surface area contributed by atoms with Gasteiger partial charge in [0.15, 0.2) is 0 Å². The van der Waals surface area contributed by atoms with E-state index in [0.29, 0.717) is 18.1 Å². The van der Waals surface area contributed by atoms with Crippen molar-refractivity contribution in [2.45, 2.75) is 58.1 Å². The smallest absolute Gasteiger partial charge is 0.0592 e. The van der Waals surface area contributed by atoms with Crippen LogP contribution in [0.5, 0.6) is 0 Å². The van der Waals surface area contributed by atoms with Gasteiger partial charge in [-0.25, -0.2) is 0 Å². The molecule has 1 aliphatic heterocycles. The Hall–Kier alpha value is -1.02. The summed E-state index contributed by atoms with van der Waals surface area (Å²) in [5.41, 5.74) is 2.65. The number of nitrogens with one attached hydrogen (secondary N) is 1. The minimum atomic E-state index is 0.435. The van der Waals surface area contributed by atoms with Gasteiger partial charge < -0.3 is 10.1 Å². The second kappa shape index (κ2) is 6.24. The first kappa shape index (κ1) is 13.4. The van der Waals surface area contributed by atoms with Crippen molar-refractivity contribution in [1.29, 1.82) is 0 Å². The molecule has 1 aromatic rings. The Morgan fingerprint density at radius 2 is 2.22 bits per heavy atom. The molecular weight excluding hydrogens is 222 g/mol. The number of benzene rings is 1. The average molecular weight is 247 g/mol. The van der Waals surface area contributed by atoms with Gasteiger partial charge in [0.2, 0.25) is 0 Å². The summed E-state index contributed by atoms with van der Waals surface area (Å²) in [7, 11) is 0. The van der Waals surface area contributed by atoms with Gasteiger partial charge >= 0.3 is 0 Å². The number of anilines is 1. The van der Waals surface area contributed by atoms with E-state index in [2.05, 4.69) is 50.4 Å². The Morgan fingerprint density at radius 3 is 2.94 bits per heavy atom. The van der Waals surface area contributed by atoms with Crippen molar-refractivity contribution in [3.8, 4) is 0 Å². The molecule has 2 rings (SSSR count). The highest BCUT2D eigenvalue weighted by Gasteiger charge is 2.21. The van der Waals surface area contributed by atoms with Gasteiger partial charge in [0, 0.05) is 18.3 Å². The lowest BCUT2D eigenvalue weighted by molar-refractivity contribution is 0.00925. The van der Waals surface area contributed by atoms with Crippen LogP contribution in [-0.4, -0.2) is 18.8 Å². The Labute approximate surface area is 111 Å². The number of hydrogen-bond acceptors (Lipinski definition) is 2. The molecular formula is C16H25NO. The monoisotopic (exact) mass is 247 g/mol. The lowest BCUT2D eigenvalue weighted by atomic mass is 10.00. The highest BCUT2D eigenvalue weighted by molar-refractivity contribution is 5.47. The molecule has 0 spiro atoms. The zero-order chi connectivity index (χ0) is 13.0. The normalized spacial score (nSPS) is 24.2. The summed E-state index contributed by atoms with van der Waals surface area (Å²) in [6, 6.07) is 9.36. The minimum Gasteiger partial charge on any atom is -0.382 e. The predicted molar refractivity (Wildman–Crippen MR) is 77.2 cm³/mol. The van der Waals surface area contributed by atoms with E-state index in [1.807, 2.05) is 0 Å². The Kier molecular flexibility index (Phi) is 4.65. The van der Waals surface area contributed by atoms with Crippen molar-refractivity contribution in [2.75, 3.05) is 11.9 Å². The average Bonchev–Trinajstić information content (AvgIpc) is 2.39. The first-order valence-corrected chi connectivity index (χ1v) is 7.17. The molecule has 1 saturated heterocycles. The van der Waals surface area contributed by atoms with Crippen molar-refractivity contribution >= 4 is 5.69 Å². The van der Waals surface area contributed by atoms with Gasteiger partial charge in [-0.05, 0) is 42.9 Å². The summed E-state index contributed by atoms with van der Waals surface area (Å²) in [5, 5.41) is 3.66. The van der Waals surface area contributed by atoms with E-state index < -0.39 is 0 Å². The zero-order valence-corrected chi connectivity index (χ0v) is 11.8. The van der Waals surface area contributed by atoms with Crippen LogP contribution in [0.2, 0.25) is 0 Å². The van der Waals surface area contributed by atoms with Crippen LogP contribution in [0.25, 0.3) is 0 Å². The van der Waals surface area contributed by atoms with E-state index in [1.165, 1.54) is 11.3 Å². The maximum atomic E-state index is 5.72. The van der Waals surface area contributed by atoms with Crippen LogP contribution in [0.4, 0.5) is 5.69 Å². The summed E-state index contributed by atoms with van der Waals surface area (Å²) < 4.78 is 5.72. The zero-order valence-electron chi connectivity index (χ0n) is 11.8. The molecule has 0 aliphatic carbocycles. The first-order chi connectivity index (χ1) is 8.69. The number of ether oxygens (including phenoxy) is 1. The highest BCUT2D eigenvalue weighted by atomic mass is 16.5. The molecule has 0 amide bonds. The van der Waals surface area contributed by atoms with Gasteiger partial charge in [0.1, 0.15) is 0 Å². The molecule has 0 aromatic heterocycles. The molecule has 0 radical (unpaired) electrons. The van der Waals surface area contributed by atoms with E-state index >= 15 is 0 Å². The van der Waals surface area contributed by atoms with Gasteiger partial charge in [-0.1, -0.05) is 32.9 Å². The fourth-order valence-electron chi connectivity index (χ4n) is 2.52. The second-order valence-electron chi connectivity index (χ2n) is 5.55. The van der Waals surface area contributed by atoms with Crippen LogP contribution >= 0.6 is 0 Å². The van der Waals surface area contributed by atoms with Crippen LogP contribution in [0, 0.1) is 0 Å². The van der Waals surface area contributed by atoms with Crippen LogP contribution in [0.15, 0.2) is 24.3 Å². The molecule has 18 heavy (non-hydrogen) atoms. The van der Waals surface area contributed by atoms with Crippen LogP contribution in [-0.2, 0) is 4.74 Å². The number of rotatable bonds is 4. The van der Waals surface area contributed by atoms with Gasteiger partial charge in [-0.2, -0.15) is 0 Å². The molecule has 1 fully saturated rings. The van der Waals surface area contributed by atoms with Gasteiger partial charge in [0.05, 0.1) is 6.10 Å². The molecule has 1 N–H and O–H groups in total. The van der Waals surface area contributed by atoms with Crippen molar-refractivity contribution < 1.29 is 4.74 Å². The van der Waals surface area contributed by atoms with Crippen LogP contribution in [0.1, 0.15) is 51.5 Å². The van der Waals surface area contributed by atoms with Crippen molar-refractivity contribution in [2.24, 2.45) is 0 Å². The van der Waals surface area contributed by atoms with E-state index in [4.69, 9.17) is 4.74 Å². The maximum absolute atomic E-state index is 5.72. The largest absolute Gasteiger partial charge is 0.382 e. The molecule has 2 nitrogen and oxygen atoms in total. The third-order valence-electron chi connectivity index (χ3n) is 3.75. The van der Waals surface area contributed by atoms with Crippen LogP contribution < -0.4 is 5.32 Å². The summed E-state index contributed by atoms with van der Waals surface area (Å²) in [4.78, 5) is 0. The standard InChI is InChI=1S/C16H25NO/c1-4-16-11-15(8-9-18-16)17-14-7-5-6-13(10-14)12(2)3/h5-7,10,12,15-17H,4,8-9,11H2,1-3H3. The van der Waals surface area contributed by atoms with Gasteiger partial charge in [0.25, 0.3) is 0 Å². The Balaban J connectivity index is 1.98. The van der Waals surface area contributed by atoms with E-state index in [-0.39, 0.29) is 0 Å². The molecule has 2 heteroatoms. The fourth-order valence-corrected chi connectivity index (χ4v) is 2.52. The van der Waals surface area contributed by atoms with Crippen molar-refractivity contribution in [3.63, 3.8) is 0 Å². The van der Waals surface area contributed by atoms with E-state index in [1.54, 1.807) is 0 Å². The first-order valence-electron chi connectivity index (χ1n) is 7.17. The predicted octanol–water partition coefficient (Wildman–Crippen LogP) is 4.18. The summed E-state index contributed by atoms with van der Waals surface area (Å²) in [5.74, 6) is 0.588. The molecule has 1 heterocycles. The molecule has 1 aliphatic rings. The van der Waals surface area contributed by atoms with E-state index in [0.717, 1.165) is 25.9 Å². The second-order valence-corrected chi connectivity index (χ2v) is 5.55. The van der Waals surface area contributed by atoms with E-state index in [9.17, 15) is 0 Å². The summed E-state index contributed by atoms with van der Waals surface area (Å²) in [6.45, 7) is 7.56. The molecule has 2 unspecified atom stereocenters. The Bertz CT molecular complexity index is 375. The lowest BCUT2D eigenvalue weighted by Crippen LogP contribution is -2.33. The fraction of sp³-hybridized carbons (Fsp3) is 0.625. The quantitative estimate of drug-likeness (QED) is 0.861. The van der Waals surface area contributed by atoms with Gasteiger partial charge in [-0.3, -0.25) is 0 Å². The molecule has 0 saturated carbocycles. The summed E-state index contributed by atoms with van der Waals surface area (Å²) >= 11 is 0. The third-order valence-corrected chi connectivity index (χ3v) is 3.75. The number of hydrogen-bond donors (Lipinski definition) is 1. The Morgan fingerprint density at radius 1 is 1.39 bits per heavy atom. The summed E-state index contributed by atoms with van der Waals surface area (Å²) in [6.07, 6.45) is 3.79. The molecule has 0 bridgehead atoms. The molecule has 100 valence electrons. The molecule has 1 aromatic carbocycles. The lowest BCUT2D eigenvalue weighted by Gasteiger charge is -2.30. The maximum Gasteiger partial charge on any atom is 0.0592 e. The minimum absolute atomic E-state index is 0.435. The molecule has 2 atom stereocenters. The topological polar surface area (TPSA) is 21.3 Å². The van der Waals surface area contributed by atoms with Crippen LogP contribution in [0.3, 0.4) is 0 Å². The SMILES string of the molecule is CCC1CC(Nc2cccc(C(C)C)c2)CCO1. The van der Waals surface area contributed by atoms with Crippen molar-refractivity contribution in [3.05, 3.63) is 29.8 Å². The van der Waals surface area contributed by atoms with Crippen molar-refractivity contribution in [1.82, 2.24) is 0 Å². The van der Waals surface area contributed by atoms with Gasteiger partial charge in [-0.15, -0.1) is 0 Å². The highest BCUT2D eigenvalue weighted by Crippen LogP contribution is 2.23. The third kappa shape index (κ3) is 3.49.